The summed E-state index contributed by atoms with van der Waals surface area (Å²) in [4.78, 5) is 6.29. The Morgan fingerprint density at radius 2 is 2.14 bits per heavy atom. The first kappa shape index (κ1) is 9.40. The smallest absolute Gasteiger partial charge is 0.301 e. The zero-order valence-corrected chi connectivity index (χ0v) is 8.07. The summed E-state index contributed by atoms with van der Waals surface area (Å²) in [6, 6.07) is 4.78. The highest BCUT2D eigenvalue weighted by atomic mass is 35.5. The third kappa shape index (κ3) is 1.57. The van der Waals surface area contributed by atoms with Crippen LogP contribution < -0.4 is 0 Å². The van der Waals surface area contributed by atoms with Crippen LogP contribution in [-0.4, -0.2) is 9.97 Å². The minimum Gasteiger partial charge on any atom is -0.337 e. The molecule has 0 radical (unpaired) electrons. The predicted molar refractivity (Wildman–Crippen MR) is 50.7 cm³/mol. The van der Waals surface area contributed by atoms with Crippen LogP contribution in [0.3, 0.4) is 0 Å². The summed E-state index contributed by atoms with van der Waals surface area (Å²) in [5, 5.41) is 0.493. The normalized spacial score (nSPS) is 12.3. The first-order valence-corrected chi connectivity index (χ1v) is 4.38. The summed E-state index contributed by atoms with van der Waals surface area (Å²) in [5.41, 5.74) is 1.01. The molecule has 74 valence electrons. The summed E-state index contributed by atoms with van der Waals surface area (Å²) in [7, 11) is 0. The average Bonchev–Trinajstić information content (AvgIpc) is 2.45. The number of aromatic nitrogens is 2. The Kier molecular flexibility index (Phi) is 1.96. The third-order valence-electron chi connectivity index (χ3n) is 1.86. The monoisotopic (exact) mass is 216 g/mol. The highest BCUT2D eigenvalue weighted by Crippen LogP contribution is 2.27. The fourth-order valence-corrected chi connectivity index (χ4v) is 1.36. The number of hydrogen-bond donors (Lipinski definition) is 1. The van der Waals surface area contributed by atoms with Gasteiger partial charge in [0.05, 0.1) is 11.0 Å². The predicted octanol–water partition coefficient (Wildman–Crippen LogP) is 3.33. The molecule has 0 fully saturated rings. The van der Waals surface area contributed by atoms with Gasteiger partial charge >= 0.3 is 5.92 Å². The molecule has 0 saturated heterocycles. The maximum absolute atomic E-state index is 12.9. The fourth-order valence-electron chi connectivity index (χ4n) is 1.19. The van der Waals surface area contributed by atoms with Gasteiger partial charge in [-0.3, -0.25) is 0 Å². The van der Waals surface area contributed by atoms with Crippen LogP contribution in [0, 0.1) is 0 Å². The van der Waals surface area contributed by atoms with E-state index in [1.165, 1.54) is 0 Å². The molecule has 0 aliphatic heterocycles. The third-order valence-corrected chi connectivity index (χ3v) is 2.09. The average molecular weight is 217 g/mol. The summed E-state index contributed by atoms with van der Waals surface area (Å²) < 4.78 is 25.7. The van der Waals surface area contributed by atoms with Gasteiger partial charge in [0, 0.05) is 11.9 Å². The van der Waals surface area contributed by atoms with Crippen LogP contribution in [0.25, 0.3) is 11.0 Å². The molecule has 1 aromatic heterocycles. The minimum atomic E-state index is -2.95. The van der Waals surface area contributed by atoms with E-state index in [1.54, 1.807) is 18.2 Å². The Balaban J connectivity index is 2.63. The topological polar surface area (TPSA) is 28.7 Å². The van der Waals surface area contributed by atoms with Crippen molar-refractivity contribution in [3.05, 3.63) is 29.0 Å². The Morgan fingerprint density at radius 3 is 2.79 bits per heavy atom. The number of hydrogen-bond acceptors (Lipinski definition) is 1. The molecule has 0 atom stereocenters. The molecule has 1 heterocycles. The zero-order chi connectivity index (χ0) is 10.3. The number of imidazole rings is 1. The Labute approximate surface area is 83.9 Å². The maximum Gasteiger partial charge on any atom is 0.301 e. The van der Waals surface area contributed by atoms with Crippen LogP contribution in [0.4, 0.5) is 8.78 Å². The lowest BCUT2D eigenvalue weighted by molar-refractivity contribution is 0.00891. The largest absolute Gasteiger partial charge is 0.337 e. The maximum atomic E-state index is 12.9. The zero-order valence-electron chi connectivity index (χ0n) is 7.31. The van der Waals surface area contributed by atoms with Crippen molar-refractivity contribution in [1.29, 1.82) is 0 Å². The van der Waals surface area contributed by atoms with Gasteiger partial charge in [-0.15, -0.1) is 0 Å². The van der Waals surface area contributed by atoms with Crippen LogP contribution in [-0.2, 0) is 5.92 Å². The van der Waals surface area contributed by atoms with E-state index in [2.05, 4.69) is 9.97 Å². The molecule has 0 amide bonds. The van der Waals surface area contributed by atoms with Gasteiger partial charge in [-0.05, 0) is 18.2 Å². The van der Waals surface area contributed by atoms with E-state index >= 15 is 0 Å². The van der Waals surface area contributed by atoms with E-state index in [0.717, 1.165) is 6.92 Å². The van der Waals surface area contributed by atoms with Crippen molar-refractivity contribution in [2.75, 3.05) is 0 Å². The van der Waals surface area contributed by atoms with E-state index in [9.17, 15) is 8.78 Å². The number of rotatable bonds is 1. The van der Waals surface area contributed by atoms with E-state index in [4.69, 9.17) is 11.6 Å². The van der Waals surface area contributed by atoms with Gasteiger partial charge in [0.25, 0.3) is 0 Å². The first-order valence-electron chi connectivity index (χ1n) is 4.00. The highest BCUT2D eigenvalue weighted by molar-refractivity contribution is 6.31. The standard InChI is InChI=1S/C9H7ClF2N2/c1-9(11,12)8-13-6-3-2-5(10)4-7(6)14-8/h2-4H,1H3,(H,13,14). The first-order chi connectivity index (χ1) is 6.47. The van der Waals surface area contributed by atoms with Crippen molar-refractivity contribution in [2.24, 2.45) is 0 Å². The molecule has 2 rings (SSSR count). The van der Waals surface area contributed by atoms with Crippen molar-refractivity contribution in [1.82, 2.24) is 9.97 Å². The van der Waals surface area contributed by atoms with Crippen LogP contribution in [0.15, 0.2) is 18.2 Å². The molecule has 1 aromatic carbocycles. The minimum absolute atomic E-state index is 0.338. The molecule has 0 aliphatic carbocycles. The van der Waals surface area contributed by atoms with Crippen LogP contribution in [0.5, 0.6) is 0 Å². The van der Waals surface area contributed by atoms with Crippen molar-refractivity contribution in [3.8, 4) is 0 Å². The molecular formula is C9H7ClF2N2. The van der Waals surface area contributed by atoms with E-state index < -0.39 is 5.92 Å². The number of H-pyrrole nitrogens is 1. The SMILES string of the molecule is CC(F)(F)c1nc2ccc(Cl)cc2[nH]1. The molecule has 2 aromatic rings. The summed E-state index contributed by atoms with van der Waals surface area (Å²) in [5.74, 6) is -3.29. The number of benzene rings is 1. The van der Waals surface area contributed by atoms with Crippen LogP contribution in [0.2, 0.25) is 5.02 Å². The van der Waals surface area contributed by atoms with Gasteiger partial charge in [0.15, 0.2) is 5.82 Å². The van der Waals surface area contributed by atoms with E-state index in [1.807, 2.05) is 0 Å². The number of alkyl halides is 2. The lowest BCUT2D eigenvalue weighted by Crippen LogP contribution is -2.08. The number of nitrogens with one attached hydrogen (secondary N) is 1. The Morgan fingerprint density at radius 1 is 1.43 bits per heavy atom. The van der Waals surface area contributed by atoms with Gasteiger partial charge in [0.2, 0.25) is 0 Å². The highest BCUT2D eigenvalue weighted by Gasteiger charge is 2.28. The molecule has 2 nitrogen and oxygen atoms in total. The van der Waals surface area contributed by atoms with E-state index in [-0.39, 0.29) is 5.82 Å². The van der Waals surface area contributed by atoms with Crippen molar-refractivity contribution < 1.29 is 8.78 Å². The fraction of sp³-hybridized carbons (Fsp3) is 0.222. The summed E-state index contributed by atoms with van der Waals surface area (Å²) >= 11 is 5.71. The van der Waals surface area contributed by atoms with Gasteiger partial charge in [-0.25, -0.2) is 4.98 Å². The second-order valence-electron chi connectivity index (χ2n) is 3.14. The van der Waals surface area contributed by atoms with Gasteiger partial charge in [-0.2, -0.15) is 8.78 Å². The van der Waals surface area contributed by atoms with Crippen molar-refractivity contribution in [3.63, 3.8) is 0 Å². The molecule has 0 spiro atoms. The van der Waals surface area contributed by atoms with Crippen molar-refractivity contribution >= 4 is 22.6 Å². The summed E-state index contributed by atoms with van der Waals surface area (Å²) in [6.45, 7) is 0.798. The molecule has 5 heteroatoms. The summed E-state index contributed by atoms with van der Waals surface area (Å²) in [6.07, 6.45) is 0. The van der Waals surface area contributed by atoms with Gasteiger partial charge in [0.1, 0.15) is 0 Å². The van der Waals surface area contributed by atoms with Crippen molar-refractivity contribution in [2.45, 2.75) is 12.8 Å². The molecule has 0 saturated carbocycles. The molecule has 0 unspecified atom stereocenters. The lowest BCUT2D eigenvalue weighted by atomic mass is 10.3. The molecule has 1 N–H and O–H groups in total. The Hall–Kier alpha value is -1.16. The molecule has 0 aliphatic rings. The van der Waals surface area contributed by atoms with Crippen LogP contribution in [0.1, 0.15) is 12.7 Å². The second kappa shape index (κ2) is 2.92. The second-order valence-corrected chi connectivity index (χ2v) is 3.57. The lowest BCUT2D eigenvalue weighted by Gasteiger charge is -2.03. The Bertz CT molecular complexity index is 473. The molecule has 14 heavy (non-hydrogen) atoms. The number of fused-ring (bicyclic) bond motifs is 1. The van der Waals surface area contributed by atoms with Gasteiger partial charge in [-0.1, -0.05) is 11.6 Å². The molecule has 0 bridgehead atoms. The number of halogens is 3. The quantitative estimate of drug-likeness (QED) is 0.778. The van der Waals surface area contributed by atoms with E-state index in [0.29, 0.717) is 16.1 Å². The number of aromatic amines is 1. The number of nitrogens with zero attached hydrogens (tertiary/aromatic N) is 1. The van der Waals surface area contributed by atoms with Crippen LogP contribution >= 0.6 is 11.6 Å². The molecular weight excluding hydrogens is 210 g/mol. The van der Waals surface area contributed by atoms with Gasteiger partial charge < -0.3 is 4.98 Å².